The van der Waals surface area contributed by atoms with Crippen molar-refractivity contribution in [3.8, 4) is 5.75 Å². The number of rotatable bonds is 17. The fourth-order valence-corrected chi connectivity index (χ4v) is 3.90. The number of aliphatic hydroxyl groups excluding tert-OH is 1. The average molecular weight is 546 g/mol. The fraction of sp³-hybridized carbons (Fsp3) is 0.565. The van der Waals surface area contributed by atoms with E-state index in [9.17, 15) is 23.7 Å². The molecule has 1 rings (SSSR count). The Hall–Kier alpha value is -2.99. The number of nitrogens with one attached hydrogen (secondary N) is 2. The standard InChI is InChI=1S/C23H36N3O10P/c1-16(28)24-20(15-17-7-9-18(10-8-17)36-37(33,34)35)22(31)25-19(11-12-21(29)30)23(32)26(2)13-5-3-4-6-14-27/h7-10,19-20,27H,3-6,11-15H2,1-2H3,(H,24,28)(H,25,31)(H,29,30)(H2,33,34,35)/t19-,20-/m0/s1. The van der Waals surface area contributed by atoms with Crippen LogP contribution < -0.4 is 15.2 Å². The maximum atomic E-state index is 13.1. The highest BCUT2D eigenvalue weighted by atomic mass is 31.2. The van der Waals surface area contributed by atoms with Gasteiger partial charge in [0, 0.05) is 40.0 Å². The maximum absolute atomic E-state index is 13.1. The van der Waals surface area contributed by atoms with Crippen LogP contribution in [0.2, 0.25) is 0 Å². The molecule has 0 heterocycles. The molecule has 0 spiro atoms. The van der Waals surface area contributed by atoms with Crippen molar-refractivity contribution < 1.29 is 48.3 Å². The Morgan fingerprint density at radius 2 is 1.62 bits per heavy atom. The number of carbonyl (C=O) groups is 4. The molecule has 37 heavy (non-hydrogen) atoms. The molecule has 208 valence electrons. The van der Waals surface area contributed by atoms with Crippen LogP contribution in [0.4, 0.5) is 0 Å². The lowest BCUT2D eigenvalue weighted by Crippen LogP contribution is -2.54. The van der Waals surface area contributed by atoms with Gasteiger partial charge in [-0.2, -0.15) is 0 Å². The lowest BCUT2D eigenvalue weighted by atomic mass is 10.0. The van der Waals surface area contributed by atoms with E-state index < -0.39 is 43.6 Å². The Kier molecular flexibility index (Phi) is 13.8. The first kappa shape index (κ1) is 32.0. The van der Waals surface area contributed by atoms with Crippen LogP contribution in [0.5, 0.6) is 5.75 Å². The summed E-state index contributed by atoms with van der Waals surface area (Å²) in [6, 6.07) is 3.30. The third-order valence-electron chi connectivity index (χ3n) is 5.32. The first-order valence-electron chi connectivity index (χ1n) is 11.8. The van der Waals surface area contributed by atoms with Gasteiger partial charge in [0.25, 0.3) is 0 Å². The van der Waals surface area contributed by atoms with Gasteiger partial charge in [0.15, 0.2) is 0 Å². The summed E-state index contributed by atoms with van der Waals surface area (Å²) in [6.45, 7) is 1.70. The minimum absolute atomic E-state index is 0.0118. The number of amides is 3. The Balaban J connectivity index is 2.93. The summed E-state index contributed by atoms with van der Waals surface area (Å²) in [7, 11) is -3.18. The predicted octanol–water partition coefficient (Wildman–Crippen LogP) is 0.566. The molecule has 0 aromatic heterocycles. The molecule has 1 aromatic carbocycles. The number of unbranched alkanes of at least 4 members (excludes halogenated alkanes) is 3. The second kappa shape index (κ2) is 16.0. The van der Waals surface area contributed by atoms with Crippen molar-refractivity contribution in [2.45, 2.75) is 64.0 Å². The summed E-state index contributed by atoms with van der Waals surface area (Å²) in [4.78, 5) is 68.1. The third kappa shape index (κ3) is 13.8. The van der Waals surface area contributed by atoms with Crippen molar-refractivity contribution in [2.24, 2.45) is 0 Å². The number of phosphoric acid groups is 1. The van der Waals surface area contributed by atoms with Gasteiger partial charge < -0.3 is 30.3 Å². The van der Waals surface area contributed by atoms with Gasteiger partial charge in [-0.05, 0) is 37.0 Å². The number of carboxylic acid groups (broad SMARTS) is 1. The van der Waals surface area contributed by atoms with Crippen molar-refractivity contribution in [3.05, 3.63) is 29.8 Å². The molecule has 6 N–H and O–H groups in total. The second-order valence-electron chi connectivity index (χ2n) is 8.57. The first-order chi connectivity index (χ1) is 17.3. The van der Waals surface area contributed by atoms with Crippen molar-refractivity contribution in [1.82, 2.24) is 15.5 Å². The number of likely N-dealkylation sites (N-methyl/N-ethyl adjacent to an activating group) is 1. The van der Waals surface area contributed by atoms with E-state index in [-0.39, 0.29) is 31.6 Å². The summed E-state index contributed by atoms with van der Waals surface area (Å²) < 4.78 is 15.5. The topological polar surface area (TPSA) is 203 Å². The summed E-state index contributed by atoms with van der Waals surface area (Å²) in [5, 5.41) is 23.0. The van der Waals surface area contributed by atoms with Gasteiger partial charge in [0.05, 0.1) is 0 Å². The Labute approximate surface area is 215 Å². The molecule has 0 saturated heterocycles. The lowest BCUT2D eigenvalue weighted by Gasteiger charge is -2.26. The maximum Gasteiger partial charge on any atom is 0.524 e. The zero-order chi connectivity index (χ0) is 28.0. The number of aliphatic hydroxyl groups is 1. The van der Waals surface area contributed by atoms with Gasteiger partial charge in [0.1, 0.15) is 17.8 Å². The number of carboxylic acids is 1. The van der Waals surface area contributed by atoms with Gasteiger partial charge in [-0.3, -0.25) is 29.0 Å². The highest BCUT2D eigenvalue weighted by Crippen LogP contribution is 2.37. The van der Waals surface area contributed by atoms with Crippen LogP contribution >= 0.6 is 7.82 Å². The molecule has 0 bridgehead atoms. The average Bonchev–Trinajstić information content (AvgIpc) is 2.80. The Bertz CT molecular complexity index is 951. The molecular formula is C23H36N3O10P. The number of carbonyl (C=O) groups excluding carboxylic acids is 3. The highest BCUT2D eigenvalue weighted by Gasteiger charge is 2.28. The number of aliphatic carboxylic acids is 1. The van der Waals surface area contributed by atoms with Crippen molar-refractivity contribution in [3.63, 3.8) is 0 Å². The summed E-state index contributed by atoms with van der Waals surface area (Å²) in [6.07, 6.45) is 2.44. The van der Waals surface area contributed by atoms with Crippen LogP contribution in [-0.2, 0) is 30.2 Å². The van der Waals surface area contributed by atoms with Gasteiger partial charge in [-0.15, -0.1) is 0 Å². The second-order valence-corrected chi connectivity index (χ2v) is 9.74. The molecule has 0 aliphatic heterocycles. The van der Waals surface area contributed by atoms with Crippen LogP contribution in [0.1, 0.15) is 51.0 Å². The summed E-state index contributed by atoms with van der Waals surface area (Å²) >= 11 is 0. The van der Waals surface area contributed by atoms with Crippen LogP contribution in [0.15, 0.2) is 24.3 Å². The molecule has 3 amide bonds. The smallest absolute Gasteiger partial charge is 0.481 e. The van der Waals surface area contributed by atoms with E-state index in [0.717, 1.165) is 12.8 Å². The zero-order valence-corrected chi connectivity index (χ0v) is 21.9. The van der Waals surface area contributed by atoms with Crippen LogP contribution in [0.3, 0.4) is 0 Å². The van der Waals surface area contributed by atoms with E-state index in [1.54, 1.807) is 7.05 Å². The van der Waals surface area contributed by atoms with Crippen molar-refractivity contribution in [2.75, 3.05) is 20.2 Å². The molecule has 13 nitrogen and oxygen atoms in total. The third-order valence-corrected chi connectivity index (χ3v) is 5.77. The Morgan fingerprint density at radius 3 is 2.16 bits per heavy atom. The van der Waals surface area contributed by atoms with Crippen molar-refractivity contribution in [1.29, 1.82) is 0 Å². The largest absolute Gasteiger partial charge is 0.524 e. The molecule has 0 radical (unpaired) electrons. The Morgan fingerprint density at radius 1 is 1.00 bits per heavy atom. The molecule has 0 aliphatic rings. The number of nitrogens with zero attached hydrogens (tertiary/aromatic N) is 1. The van der Waals surface area contributed by atoms with E-state index in [1.807, 2.05) is 0 Å². The quantitative estimate of drug-likeness (QED) is 0.119. The fourth-order valence-electron chi connectivity index (χ4n) is 3.50. The molecule has 0 fully saturated rings. The zero-order valence-electron chi connectivity index (χ0n) is 21.0. The lowest BCUT2D eigenvalue weighted by molar-refractivity contribution is -0.139. The molecule has 0 aliphatic carbocycles. The predicted molar refractivity (Wildman–Crippen MR) is 132 cm³/mol. The molecule has 0 unspecified atom stereocenters. The highest BCUT2D eigenvalue weighted by molar-refractivity contribution is 7.46. The van der Waals surface area contributed by atoms with Gasteiger partial charge >= 0.3 is 13.8 Å². The van der Waals surface area contributed by atoms with E-state index in [1.165, 1.54) is 36.1 Å². The molecule has 1 aromatic rings. The van der Waals surface area contributed by atoms with Gasteiger partial charge in [0.2, 0.25) is 17.7 Å². The first-order valence-corrected chi connectivity index (χ1v) is 13.3. The normalized spacial score (nSPS) is 12.8. The number of phosphoric ester groups is 1. The van der Waals surface area contributed by atoms with Crippen molar-refractivity contribution >= 4 is 31.5 Å². The van der Waals surface area contributed by atoms with Gasteiger partial charge in [-0.25, -0.2) is 4.57 Å². The SMILES string of the molecule is CC(=O)N[C@@H](Cc1ccc(OP(=O)(O)O)cc1)C(=O)N[C@@H](CCC(=O)O)C(=O)N(C)CCCCCCO. The monoisotopic (exact) mass is 545 g/mol. The molecule has 0 saturated carbocycles. The van der Waals surface area contributed by atoms with Gasteiger partial charge in [-0.1, -0.05) is 25.0 Å². The van der Waals surface area contributed by atoms with Crippen LogP contribution in [-0.4, -0.2) is 80.9 Å². The van der Waals surface area contributed by atoms with E-state index in [4.69, 9.17) is 20.0 Å². The summed E-state index contributed by atoms with van der Waals surface area (Å²) in [5.41, 5.74) is 0.528. The number of benzene rings is 1. The van der Waals surface area contributed by atoms with E-state index >= 15 is 0 Å². The van der Waals surface area contributed by atoms with Crippen LogP contribution in [0, 0.1) is 0 Å². The molecule has 2 atom stereocenters. The summed E-state index contributed by atoms with van der Waals surface area (Å²) in [5.74, 6) is -2.87. The number of hydrogen-bond donors (Lipinski definition) is 6. The number of hydrogen-bond acceptors (Lipinski definition) is 7. The molecule has 14 heteroatoms. The molecular weight excluding hydrogens is 509 g/mol. The van der Waals surface area contributed by atoms with Crippen LogP contribution in [0.25, 0.3) is 0 Å². The van der Waals surface area contributed by atoms with E-state index in [2.05, 4.69) is 15.2 Å². The minimum atomic E-state index is -4.73. The van der Waals surface area contributed by atoms with E-state index in [0.29, 0.717) is 24.9 Å². The minimum Gasteiger partial charge on any atom is -0.481 e.